The van der Waals surface area contributed by atoms with Crippen molar-refractivity contribution >= 4 is 29.5 Å². The minimum Gasteiger partial charge on any atom is -0.444 e. The second-order valence-corrected chi connectivity index (χ2v) is 6.76. The summed E-state index contributed by atoms with van der Waals surface area (Å²) >= 11 is 3.34. The van der Waals surface area contributed by atoms with Crippen molar-refractivity contribution in [3.05, 3.63) is 34.3 Å². The standard InChI is InChI=1S/C12H16BrO5P/c1-4-11(14)18-12(19(15,16-2)17-3)9-7-5-6-8-10(9)13/h5-8,12H,4H2,1-3H3. The maximum atomic E-state index is 12.5. The number of ether oxygens (including phenoxy) is 1. The first-order valence-electron chi connectivity index (χ1n) is 5.63. The van der Waals surface area contributed by atoms with Crippen molar-refractivity contribution in [1.29, 1.82) is 0 Å². The predicted molar refractivity (Wildman–Crippen MR) is 74.9 cm³/mol. The van der Waals surface area contributed by atoms with Gasteiger partial charge in [0.2, 0.25) is 5.85 Å². The fourth-order valence-electron chi connectivity index (χ4n) is 1.45. The highest BCUT2D eigenvalue weighted by Gasteiger charge is 2.39. The SMILES string of the molecule is CCC(=O)OC(c1ccccc1Br)P(=O)(OC)OC. The lowest BCUT2D eigenvalue weighted by Gasteiger charge is -2.25. The van der Waals surface area contributed by atoms with E-state index >= 15 is 0 Å². The van der Waals surface area contributed by atoms with E-state index in [1.54, 1.807) is 31.2 Å². The summed E-state index contributed by atoms with van der Waals surface area (Å²) in [7, 11) is -1.06. The fourth-order valence-corrected chi connectivity index (χ4v) is 3.46. The maximum absolute atomic E-state index is 12.5. The third kappa shape index (κ3) is 3.89. The minimum absolute atomic E-state index is 0.175. The number of halogens is 1. The molecule has 0 bridgehead atoms. The number of hydrogen-bond donors (Lipinski definition) is 0. The molecule has 0 saturated heterocycles. The van der Waals surface area contributed by atoms with Crippen LogP contribution in [-0.4, -0.2) is 20.2 Å². The Morgan fingerprint density at radius 2 is 1.89 bits per heavy atom. The van der Waals surface area contributed by atoms with Crippen LogP contribution in [0.4, 0.5) is 0 Å². The number of carbonyl (C=O) groups is 1. The van der Waals surface area contributed by atoms with E-state index < -0.39 is 19.4 Å². The molecule has 1 aromatic rings. The van der Waals surface area contributed by atoms with Crippen molar-refractivity contribution in [3.8, 4) is 0 Å². The first-order chi connectivity index (χ1) is 8.98. The van der Waals surface area contributed by atoms with Crippen LogP contribution in [-0.2, 0) is 23.1 Å². The van der Waals surface area contributed by atoms with Gasteiger partial charge in [-0.15, -0.1) is 0 Å². The Hall–Kier alpha value is -0.680. The number of esters is 1. The average molecular weight is 351 g/mol. The second-order valence-electron chi connectivity index (χ2n) is 3.62. The van der Waals surface area contributed by atoms with Crippen LogP contribution in [0.2, 0.25) is 0 Å². The Morgan fingerprint density at radius 1 is 1.32 bits per heavy atom. The van der Waals surface area contributed by atoms with Crippen LogP contribution in [0, 0.1) is 0 Å². The molecule has 1 rings (SSSR count). The van der Waals surface area contributed by atoms with Crippen molar-refractivity contribution in [2.45, 2.75) is 19.2 Å². The molecular weight excluding hydrogens is 335 g/mol. The van der Waals surface area contributed by atoms with Crippen molar-refractivity contribution in [3.63, 3.8) is 0 Å². The van der Waals surface area contributed by atoms with Gasteiger partial charge in [0.25, 0.3) is 0 Å². The zero-order chi connectivity index (χ0) is 14.5. The highest BCUT2D eigenvalue weighted by Crippen LogP contribution is 2.61. The van der Waals surface area contributed by atoms with E-state index in [-0.39, 0.29) is 6.42 Å². The maximum Gasteiger partial charge on any atom is 0.375 e. The van der Waals surface area contributed by atoms with E-state index in [9.17, 15) is 9.36 Å². The van der Waals surface area contributed by atoms with Crippen LogP contribution in [0.5, 0.6) is 0 Å². The molecule has 1 unspecified atom stereocenters. The van der Waals surface area contributed by atoms with Gasteiger partial charge in [-0.25, -0.2) is 0 Å². The Balaban J connectivity index is 3.24. The minimum atomic E-state index is -3.58. The molecule has 0 aliphatic heterocycles. The summed E-state index contributed by atoms with van der Waals surface area (Å²) in [4.78, 5) is 11.5. The third-order valence-electron chi connectivity index (χ3n) is 2.50. The highest BCUT2D eigenvalue weighted by atomic mass is 79.9. The molecule has 0 fully saturated rings. The van der Waals surface area contributed by atoms with Gasteiger partial charge in [0.1, 0.15) is 0 Å². The van der Waals surface area contributed by atoms with E-state index in [0.717, 1.165) is 0 Å². The Labute approximate surface area is 120 Å². The largest absolute Gasteiger partial charge is 0.444 e. The smallest absolute Gasteiger partial charge is 0.375 e. The first-order valence-corrected chi connectivity index (χ1v) is 8.04. The van der Waals surface area contributed by atoms with Crippen LogP contribution >= 0.6 is 23.5 Å². The fraction of sp³-hybridized carbons (Fsp3) is 0.417. The van der Waals surface area contributed by atoms with E-state index in [1.807, 2.05) is 0 Å². The van der Waals surface area contributed by atoms with Crippen molar-refractivity contribution in [1.82, 2.24) is 0 Å². The lowest BCUT2D eigenvalue weighted by atomic mass is 10.2. The summed E-state index contributed by atoms with van der Waals surface area (Å²) in [6.45, 7) is 1.66. The summed E-state index contributed by atoms with van der Waals surface area (Å²) in [5, 5.41) is 0. The predicted octanol–water partition coefficient (Wildman–Crippen LogP) is 3.89. The van der Waals surface area contributed by atoms with Crippen LogP contribution in [0.25, 0.3) is 0 Å². The monoisotopic (exact) mass is 350 g/mol. The molecule has 0 N–H and O–H groups in total. The van der Waals surface area contributed by atoms with Gasteiger partial charge < -0.3 is 13.8 Å². The summed E-state index contributed by atoms with van der Waals surface area (Å²) in [6.07, 6.45) is 0.175. The Bertz CT molecular complexity index is 483. The van der Waals surface area contributed by atoms with Crippen LogP contribution in [0.3, 0.4) is 0 Å². The lowest BCUT2D eigenvalue weighted by molar-refractivity contribution is -0.146. The van der Waals surface area contributed by atoms with Gasteiger partial charge in [-0.3, -0.25) is 9.36 Å². The van der Waals surface area contributed by atoms with Crippen LogP contribution in [0.1, 0.15) is 24.8 Å². The molecule has 0 aliphatic rings. The molecule has 0 heterocycles. The van der Waals surface area contributed by atoms with E-state index in [2.05, 4.69) is 15.9 Å². The summed E-state index contributed by atoms with van der Waals surface area (Å²) in [6, 6.07) is 7.01. The zero-order valence-electron chi connectivity index (χ0n) is 11.0. The summed E-state index contributed by atoms with van der Waals surface area (Å²) in [5.41, 5.74) is 0.538. The number of rotatable bonds is 6. The molecule has 1 atom stereocenters. The highest BCUT2D eigenvalue weighted by molar-refractivity contribution is 9.10. The normalized spacial score (nSPS) is 13.1. The summed E-state index contributed by atoms with van der Waals surface area (Å²) in [5.74, 6) is -1.57. The number of carbonyl (C=O) groups excluding carboxylic acids is 1. The molecular formula is C12H16BrO5P. The molecule has 7 heteroatoms. The molecule has 19 heavy (non-hydrogen) atoms. The van der Waals surface area contributed by atoms with Crippen LogP contribution in [0.15, 0.2) is 28.7 Å². The van der Waals surface area contributed by atoms with Gasteiger partial charge in [0.05, 0.1) is 0 Å². The topological polar surface area (TPSA) is 61.8 Å². The molecule has 106 valence electrons. The molecule has 0 aliphatic carbocycles. The second kappa shape index (κ2) is 7.20. The van der Waals surface area contributed by atoms with E-state index in [1.165, 1.54) is 14.2 Å². The van der Waals surface area contributed by atoms with Gasteiger partial charge in [-0.2, -0.15) is 0 Å². The number of hydrogen-bond acceptors (Lipinski definition) is 5. The van der Waals surface area contributed by atoms with Gasteiger partial charge in [0.15, 0.2) is 0 Å². The molecule has 0 spiro atoms. The van der Waals surface area contributed by atoms with E-state index in [4.69, 9.17) is 13.8 Å². The van der Waals surface area contributed by atoms with Gasteiger partial charge in [-0.1, -0.05) is 41.1 Å². The van der Waals surface area contributed by atoms with E-state index in [0.29, 0.717) is 10.0 Å². The third-order valence-corrected chi connectivity index (χ3v) is 5.20. The molecule has 0 amide bonds. The van der Waals surface area contributed by atoms with Crippen molar-refractivity contribution in [2.75, 3.05) is 14.2 Å². The van der Waals surface area contributed by atoms with Gasteiger partial charge >= 0.3 is 13.6 Å². The quantitative estimate of drug-likeness (QED) is 0.575. The van der Waals surface area contributed by atoms with Crippen LogP contribution < -0.4 is 0 Å². The lowest BCUT2D eigenvalue weighted by Crippen LogP contribution is -2.13. The molecule has 1 aromatic carbocycles. The average Bonchev–Trinajstić information content (AvgIpc) is 2.44. The first kappa shape index (κ1) is 16.4. The Morgan fingerprint density at radius 3 is 2.37 bits per heavy atom. The van der Waals surface area contributed by atoms with Gasteiger partial charge in [0, 0.05) is 30.7 Å². The summed E-state index contributed by atoms with van der Waals surface area (Å²) < 4.78 is 28.3. The Kier molecular flexibility index (Phi) is 6.20. The molecule has 0 radical (unpaired) electrons. The van der Waals surface area contributed by atoms with Crippen molar-refractivity contribution in [2.24, 2.45) is 0 Å². The molecule has 5 nitrogen and oxygen atoms in total. The zero-order valence-corrected chi connectivity index (χ0v) is 13.4. The molecule has 0 aromatic heterocycles. The van der Waals surface area contributed by atoms with Crippen molar-refractivity contribution < 1.29 is 23.1 Å². The number of benzene rings is 1. The van der Waals surface area contributed by atoms with Gasteiger partial charge in [-0.05, 0) is 6.07 Å². The molecule has 0 saturated carbocycles.